The summed E-state index contributed by atoms with van der Waals surface area (Å²) in [5.41, 5.74) is 1.04. The van der Waals surface area contributed by atoms with Crippen LogP contribution in [-0.4, -0.2) is 25.2 Å². The average molecular weight is 494 g/mol. The average Bonchev–Trinajstić information content (AvgIpc) is 2.73. The Balaban J connectivity index is 2.30. The first-order chi connectivity index (χ1) is 12.7. The normalized spacial score (nSPS) is 12.5. The van der Waals surface area contributed by atoms with E-state index in [1.807, 2.05) is 91.0 Å². The standard InChI is InChI=1S/3C6H5.C3H2Cl2O2.Sb.H/c3*1-2-4-6-5-3-1;4-1-2(5)3(6)7;;/h3*1-5H;1H,(H,6,7);;/q;;;;+1;/p-1. The molecule has 0 fully saturated rings. The number of hydrogen-bond donors (Lipinski definition) is 0. The van der Waals surface area contributed by atoms with E-state index in [4.69, 9.17) is 26.2 Å². The van der Waals surface area contributed by atoms with Gasteiger partial charge in [-0.05, 0) is 0 Å². The van der Waals surface area contributed by atoms with E-state index in [2.05, 4.69) is 0 Å². The molecule has 3 aromatic rings. The van der Waals surface area contributed by atoms with Crippen LogP contribution in [0.15, 0.2) is 102 Å². The Morgan fingerprint density at radius 3 is 1.38 bits per heavy atom. The Morgan fingerprint density at radius 2 is 1.08 bits per heavy atom. The molecule has 0 aromatic heterocycles. The maximum atomic E-state index is 12.7. The topological polar surface area (TPSA) is 26.3 Å². The quantitative estimate of drug-likeness (QED) is 0.403. The summed E-state index contributed by atoms with van der Waals surface area (Å²) in [5.74, 6) is -0.603. The van der Waals surface area contributed by atoms with E-state index >= 15 is 0 Å². The molecule has 2 nitrogen and oxygen atoms in total. The molecule has 3 rings (SSSR count). The molecule has 0 saturated carbocycles. The van der Waals surface area contributed by atoms with Crippen molar-refractivity contribution in [2.45, 2.75) is 0 Å². The first kappa shape index (κ1) is 19.0. The van der Waals surface area contributed by atoms with Gasteiger partial charge in [0.15, 0.2) is 0 Å². The second-order valence-electron chi connectivity index (χ2n) is 5.63. The molecule has 26 heavy (non-hydrogen) atoms. The van der Waals surface area contributed by atoms with Gasteiger partial charge in [0.2, 0.25) is 0 Å². The minimum absolute atomic E-state index is 0.129. The molecule has 0 radical (unpaired) electrons. The summed E-state index contributed by atoms with van der Waals surface area (Å²) in [6.45, 7) is 0. The Bertz CT molecular complexity index is 800. The molecule has 0 spiro atoms. The molecule has 0 saturated heterocycles. The van der Waals surface area contributed by atoms with Crippen LogP contribution in [0.5, 0.6) is 0 Å². The molecule has 0 heterocycles. The van der Waals surface area contributed by atoms with Gasteiger partial charge in [0.1, 0.15) is 0 Å². The van der Waals surface area contributed by atoms with Crippen LogP contribution >= 0.6 is 23.2 Å². The van der Waals surface area contributed by atoms with Gasteiger partial charge in [-0.25, -0.2) is 0 Å². The van der Waals surface area contributed by atoms with E-state index in [0.29, 0.717) is 0 Å². The molecule has 0 bridgehead atoms. The molecular formula is C21H17Cl2O2Sb. The molecular weight excluding hydrogens is 477 g/mol. The monoisotopic (exact) mass is 492 g/mol. The zero-order chi connectivity index (χ0) is 18.4. The van der Waals surface area contributed by atoms with Gasteiger partial charge >= 0.3 is 168 Å². The Hall–Kier alpha value is -1.73. The van der Waals surface area contributed by atoms with Crippen LogP contribution in [0.1, 0.15) is 0 Å². The summed E-state index contributed by atoms with van der Waals surface area (Å²) in [6.07, 6.45) is 0. The summed E-state index contributed by atoms with van der Waals surface area (Å²) in [7, 11) is 0. The number of hydrogen-bond acceptors (Lipinski definition) is 2. The van der Waals surface area contributed by atoms with E-state index in [1.165, 1.54) is 0 Å². The summed E-state index contributed by atoms with van der Waals surface area (Å²) in [4.78, 5) is 12.7. The van der Waals surface area contributed by atoms with Crippen molar-refractivity contribution >= 4 is 58.9 Å². The maximum absolute atomic E-state index is 12.7. The van der Waals surface area contributed by atoms with Crippen LogP contribution < -0.4 is 10.5 Å². The van der Waals surface area contributed by atoms with Gasteiger partial charge in [-0.15, -0.1) is 0 Å². The van der Waals surface area contributed by atoms with Crippen LogP contribution in [0, 0.1) is 0 Å². The number of benzene rings is 3. The molecule has 0 unspecified atom stereocenters. The van der Waals surface area contributed by atoms with Gasteiger partial charge in [-0.3, -0.25) is 0 Å². The van der Waals surface area contributed by atoms with Crippen molar-refractivity contribution < 1.29 is 7.81 Å². The fourth-order valence-corrected chi connectivity index (χ4v) is 13.9. The molecule has 0 aliphatic rings. The van der Waals surface area contributed by atoms with Crippen LogP contribution in [0.25, 0.3) is 0 Å². The number of carbonyl (C=O) groups excluding carboxylic acids is 1. The third-order valence-electron chi connectivity index (χ3n) is 4.08. The molecule has 0 atom stereocenters. The Kier molecular flexibility index (Phi) is 6.42. The molecule has 0 aliphatic heterocycles. The van der Waals surface area contributed by atoms with Gasteiger partial charge in [-0.1, -0.05) is 0 Å². The van der Waals surface area contributed by atoms with Crippen LogP contribution in [0.3, 0.4) is 0 Å². The predicted molar refractivity (Wildman–Crippen MR) is 111 cm³/mol. The van der Waals surface area contributed by atoms with E-state index < -0.39 is 25.2 Å². The van der Waals surface area contributed by atoms with E-state index in [1.54, 1.807) is 0 Å². The third kappa shape index (κ3) is 3.83. The van der Waals surface area contributed by atoms with Crippen molar-refractivity contribution in [3.05, 3.63) is 102 Å². The van der Waals surface area contributed by atoms with Crippen molar-refractivity contribution in [1.82, 2.24) is 0 Å². The van der Waals surface area contributed by atoms with Crippen molar-refractivity contribution in [1.29, 1.82) is 0 Å². The molecule has 3 aromatic carbocycles. The van der Waals surface area contributed by atoms with Gasteiger partial charge in [0.05, 0.1) is 0 Å². The van der Waals surface area contributed by atoms with Crippen molar-refractivity contribution in [2.24, 2.45) is 0 Å². The fourth-order valence-electron chi connectivity index (χ4n) is 2.93. The van der Waals surface area contributed by atoms with Crippen LogP contribution in [0.4, 0.5) is 0 Å². The second kappa shape index (κ2) is 8.77. The van der Waals surface area contributed by atoms with E-state index in [0.717, 1.165) is 16.1 Å². The molecule has 0 N–H and O–H groups in total. The molecule has 0 aliphatic carbocycles. The van der Waals surface area contributed by atoms with Crippen LogP contribution in [-0.2, 0) is 7.81 Å². The SMILES string of the molecule is O=C([O][SbH]([c]1ccccc1)([c]1ccccc1)[c]1ccccc1)C(Cl)=CCl. The van der Waals surface area contributed by atoms with E-state index in [9.17, 15) is 4.79 Å². The fraction of sp³-hybridized carbons (Fsp3) is 0. The van der Waals surface area contributed by atoms with Crippen molar-refractivity contribution in [3.63, 3.8) is 0 Å². The van der Waals surface area contributed by atoms with Crippen LogP contribution in [0.2, 0.25) is 0 Å². The van der Waals surface area contributed by atoms with Gasteiger partial charge in [-0.2, -0.15) is 0 Å². The first-order valence-electron chi connectivity index (χ1n) is 8.04. The summed E-state index contributed by atoms with van der Waals surface area (Å²) in [6, 6.07) is 29.7. The molecule has 0 amide bonds. The van der Waals surface area contributed by atoms with Crippen molar-refractivity contribution in [3.8, 4) is 0 Å². The summed E-state index contributed by atoms with van der Waals surface area (Å²) >= 11 is 7.52. The van der Waals surface area contributed by atoms with Crippen molar-refractivity contribution in [2.75, 3.05) is 0 Å². The summed E-state index contributed by atoms with van der Waals surface area (Å²) in [5, 5.41) is -0.129. The number of halogens is 2. The molecule has 132 valence electrons. The predicted octanol–water partition coefficient (Wildman–Crippen LogP) is 3.25. The van der Waals surface area contributed by atoms with Gasteiger partial charge in [0, 0.05) is 0 Å². The zero-order valence-electron chi connectivity index (χ0n) is 13.8. The number of rotatable bonds is 5. The zero-order valence-corrected chi connectivity index (χ0v) is 18.2. The number of carbonyl (C=O) groups is 1. The Morgan fingerprint density at radius 1 is 0.731 bits per heavy atom. The summed E-state index contributed by atoms with van der Waals surface area (Å²) < 4.78 is 9.30. The second-order valence-corrected chi connectivity index (χ2v) is 15.7. The Labute approximate surface area is 167 Å². The minimum atomic E-state index is -4.10. The third-order valence-corrected chi connectivity index (χ3v) is 15.9. The van der Waals surface area contributed by atoms with Gasteiger partial charge < -0.3 is 0 Å². The molecule has 5 heteroatoms. The van der Waals surface area contributed by atoms with E-state index in [-0.39, 0.29) is 5.03 Å². The van der Waals surface area contributed by atoms with Gasteiger partial charge in [0.25, 0.3) is 0 Å². The first-order valence-corrected chi connectivity index (χ1v) is 14.3.